The van der Waals surface area contributed by atoms with Crippen LogP contribution in [0.15, 0.2) is 59.1 Å². The zero-order valence-corrected chi connectivity index (χ0v) is 12.0. The van der Waals surface area contributed by atoms with Gasteiger partial charge in [0, 0.05) is 10.5 Å². The van der Waals surface area contributed by atoms with Gasteiger partial charge >= 0.3 is 5.97 Å². The second-order valence-corrected chi connectivity index (χ2v) is 5.17. The molecule has 1 N–H and O–H groups in total. The van der Waals surface area contributed by atoms with E-state index < -0.39 is 5.97 Å². The smallest absolute Gasteiger partial charge is 0.328 e. The number of carboxylic acid groups (broad SMARTS) is 1. The maximum absolute atomic E-state index is 10.6. The number of carboxylic acids is 1. The Kier molecular flexibility index (Phi) is 4.17. The lowest BCUT2D eigenvalue weighted by molar-refractivity contribution is -0.131. The Morgan fingerprint density at radius 1 is 1.00 bits per heavy atom. The first kappa shape index (κ1) is 13.6. The van der Waals surface area contributed by atoms with E-state index >= 15 is 0 Å². The normalized spacial score (nSPS) is 11.4. The molecule has 0 radical (unpaired) electrons. The van der Waals surface area contributed by atoms with Crippen LogP contribution in [0, 0.1) is 0 Å². The molecule has 0 unspecified atom stereocenters. The van der Waals surface area contributed by atoms with Gasteiger partial charge in [0.25, 0.3) is 0 Å². The molecule has 0 aromatic heterocycles. The van der Waals surface area contributed by atoms with Crippen LogP contribution >= 0.6 is 15.9 Å². The summed E-state index contributed by atoms with van der Waals surface area (Å²) in [5.74, 6) is -0.922. The lowest BCUT2D eigenvalue weighted by atomic mass is 10.0. The average Bonchev–Trinajstić information content (AvgIpc) is 2.39. The van der Waals surface area contributed by atoms with Crippen LogP contribution in [0.3, 0.4) is 0 Å². The van der Waals surface area contributed by atoms with Crippen molar-refractivity contribution >= 4 is 27.5 Å². The summed E-state index contributed by atoms with van der Waals surface area (Å²) in [6, 6.07) is 15.9. The van der Waals surface area contributed by atoms with E-state index in [1.54, 1.807) is 6.92 Å². The average molecular weight is 317 g/mol. The van der Waals surface area contributed by atoms with Gasteiger partial charge in [0.05, 0.1) is 0 Å². The van der Waals surface area contributed by atoms with Crippen LogP contribution in [0.25, 0.3) is 16.7 Å². The van der Waals surface area contributed by atoms with Crippen molar-refractivity contribution in [3.8, 4) is 11.1 Å². The summed E-state index contributed by atoms with van der Waals surface area (Å²) < 4.78 is 1.05. The molecule has 0 atom stereocenters. The zero-order chi connectivity index (χ0) is 13.8. The van der Waals surface area contributed by atoms with Crippen LogP contribution in [0.2, 0.25) is 0 Å². The van der Waals surface area contributed by atoms with Gasteiger partial charge in [-0.15, -0.1) is 0 Å². The molecule has 3 heteroatoms. The van der Waals surface area contributed by atoms with Gasteiger partial charge in [-0.1, -0.05) is 52.3 Å². The second-order valence-electron chi connectivity index (χ2n) is 4.25. The molecule has 0 amide bonds. The van der Waals surface area contributed by atoms with Gasteiger partial charge in [-0.2, -0.15) is 0 Å². The minimum atomic E-state index is -0.922. The lowest BCUT2D eigenvalue weighted by Gasteiger charge is -2.05. The fourth-order valence-electron chi connectivity index (χ4n) is 1.84. The van der Waals surface area contributed by atoms with Gasteiger partial charge in [-0.25, -0.2) is 4.79 Å². The topological polar surface area (TPSA) is 37.3 Å². The SMILES string of the molecule is C/C(=C\C(=O)O)c1ccc(-c2ccc(Br)cc2)cc1. The molecule has 2 nitrogen and oxygen atoms in total. The van der Waals surface area contributed by atoms with Crippen LogP contribution in [0.1, 0.15) is 12.5 Å². The molecule has 0 aliphatic carbocycles. The van der Waals surface area contributed by atoms with Gasteiger partial charge in [-0.3, -0.25) is 0 Å². The number of carbonyl (C=O) groups is 1. The summed E-state index contributed by atoms with van der Waals surface area (Å²) in [5, 5.41) is 8.72. The van der Waals surface area contributed by atoms with Crippen molar-refractivity contribution in [1.82, 2.24) is 0 Å². The Morgan fingerprint density at radius 2 is 1.47 bits per heavy atom. The predicted octanol–water partition coefficient (Wildman–Crippen LogP) is 4.60. The first-order valence-electron chi connectivity index (χ1n) is 5.84. The summed E-state index contributed by atoms with van der Waals surface area (Å²) in [5.41, 5.74) is 3.91. The van der Waals surface area contributed by atoms with E-state index in [1.165, 1.54) is 6.08 Å². The van der Waals surface area contributed by atoms with E-state index in [0.717, 1.165) is 26.7 Å². The number of aliphatic carboxylic acids is 1. The van der Waals surface area contributed by atoms with E-state index in [-0.39, 0.29) is 0 Å². The minimum Gasteiger partial charge on any atom is -0.478 e. The second kappa shape index (κ2) is 5.85. The number of rotatable bonds is 3. The highest BCUT2D eigenvalue weighted by Gasteiger charge is 2.01. The molecule has 0 saturated carbocycles. The third kappa shape index (κ3) is 3.55. The molecule has 0 spiro atoms. The fraction of sp³-hybridized carbons (Fsp3) is 0.0625. The molecule has 2 rings (SSSR count). The van der Waals surface area contributed by atoms with Crippen LogP contribution in [-0.2, 0) is 4.79 Å². The van der Waals surface area contributed by atoms with Crippen molar-refractivity contribution in [1.29, 1.82) is 0 Å². The number of hydrogen-bond acceptors (Lipinski definition) is 1. The standard InChI is InChI=1S/C16H13BrO2/c1-11(10-16(18)19)12-2-4-13(5-3-12)14-6-8-15(17)9-7-14/h2-10H,1H3,(H,18,19)/b11-10+. The van der Waals surface area contributed by atoms with Gasteiger partial charge in [0.15, 0.2) is 0 Å². The van der Waals surface area contributed by atoms with Crippen molar-refractivity contribution in [3.05, 3.63) is 64.6 Å². The van der Waals surface area contributed by atoms with Crippen LogP contribution in [0.5, 0.6) is 0 Å². The maximum atomic E-state index is 10.6. The number of allylic oxidation sites excluding steroid dienone is 1. The Morgan fingerprint density at radius 3 is 1.95 bits per heavy atom. The quantitative estimate of drug-likeness (QED) is 0.840. The summed E-state index contributed by atoms with van der Waals surface area (Å²) in [6.45, 7) is 1.79. The molecule has 2 aromatic rings. The molecule has 0 aliphatic rings. The van der Waals surface area contributed by atoms with Crippen molar-refractivity contribution in [2.24, 2.45) is 0 Å². The van der Waals surface area contributed by atoms with Crippen molar-refractivity contribution < 1.29 is 9.90 Å². The predicted molar refractivity (Wildman–Crippen MR) is 80.9 cm³/mol. The Bertz CT molecular complexity index is 610. The molecule has 2 aromatic carbocycles. The third-order valence-corrected chi connectivity index (χ3v) is 3.39. The molecule has 0 heterocycles. The number of halogens is 1. The van der Waals surface area contributed by atoms with E-state index in [2.05, 4.69) is 15.9 Å². The molecule has 0 saturated heterocycles. The first-order chi connectivity index (χ1) is 9.06. The van der Waals surface area contributed by atoms with Crippen molar-refractivity contribution in [2.75, 3.05) is 0 Å². The van der Waals surface area contributed by atoms with E-state index in [4.69, 9.17) is 5.11 Å². The fourth-order valence-corrected chi connectivity index (χ4v) is 2.10. The van der Waals surface area contributed by atoms with Gasteiger partial charge in [0.1, 0.15) is 0 Å². The largest absolute Gasteiger partial charge is 0.478 e. The van der Waals surface area contributed by atoms with E-state index in [0.29, 0.717) is 0 Å². The van der Waals surface area contributed by atoms with Gasteiger partial charge in [0.2, 0.25) is 0 Å². The van der Waals surface area contributed by atoms with Gasteiger partial charge < -0.3 is 5.11 Å². The molecule has 0 bridgehead atoms. The highest BCUT2D eigenvalue weighted by Crippen LogP contribution is 2.23. The minimum absolute atomic E-state index is 0.745. The molecule has 19 heavy (non-hydrogen) atoms. The molecule has 0 aliphatic heterocycles. The summed E-state index contributed by atoms with van der Waals surface area (Å²) in [7, 11) is 0. The Labute approximate surface area is 120 Å². The Balaban J connectivity index is 2.28. The zero-order valence-electron chi connectivity index (χ0n) is 10.4. The Hall–Kier alpha value is -1.87. The number of hydrogen-bond donors (Lipinski definition) is 1. The maximum Gasteiger partial charge on any atom is 0.328 e. The summed E-state index contributed by atoms with van der Waals surface area (Å²) >= 11 is 3.41. The highest BCUT2D eigenvalue weighted by atomic mass is 79.9. The number of benzene rings is 2. The first-order valence-corrected chi connectivity index (χ1v) is 6.63. The molecular formula is C16H13BrO2. The monoisotopic (exact) mass is 316 g/mol. The van der Waals surface area contributed by atoms with Crippen molar-refractivity contribution in [2.45, 2.75) is 6.92 Å². The van der Waals surface area contributed by atoms with Crippen LogP contribution < -0.4 is 0 Å². The molecular weight excluding hydrogens is 304 g/mol. The van der Waals surface area contributed by atoms with Crippen molar-refractivity contribution in [3.63, 3.8) is 0 Å². The highest BCUT2D eigenvalue weighted by molar-refractivity contribution is 9.10. The van der Waals surface area contributed by atoms with Crippen LogP contribution in [0.4, 0.5) is 0 Å². The molecule has 0 fully saturated rings. The van der Waals surface area contributed by atoms with E-state index in [9.17, 15) is 4.79 Å². The van der Waals surface area contributed by atoms with Crippen LogP contribution in [-0.4, -0.2) is 11.1 Å². The third-order valence-electron chi connectivity index (χ3n) is 2.86. The van der Waals surface area contributed by atoms with E-state index in [1.807, 2.05) is 48.5 Å². The lowest BCUT2D eigenvalue weighted by Crippen LogP contribution is -1.90. The molecule has 96 valence electrons. The summed E-state index contributed by atoms with van der Waals surface area (Å²) in [4.78, 5) is 10.6. The summed E-state index contributed by atoms with van der Waals surface area (Å²) in [6.07, 6.45) is 1.22. The van der Waals surface area contributed by atoms with Gasteiger partial charge in [-0.05, 0) is 41.3 Å².